The minimum Gasteiger partial charge on any atom is -0.345 e. The topological polar surface area (TPSA) is 66.0 Å². The molecule has 0 spiro atoms. The Kier molecular flexibility index (Phi) is 6.41. The molecule has 3 N–H and O–H groups in total. The van der Waals surface area contributed by atoms with E-state index in [1.54, 1.807) is 50.6 Å². The molecule has 26 heavy (non-hydrogen) atoms. The number of nitrogens with two attached hydrogens (primary N) is 1. The predicted octanol–water partition coefficient (Wildman–Crippen LogP) is 1.93. The van der Waals surface area contributed by atoms with Gasteiger partial charge >= 0.3 is 0 Å². The molecule has 2 aromatic rings. The highest BCUT2D eigenvalue weighted by Crippen LogP contribution is 2.15. The number of halogens is 2. The summed E-state index contributed by atoms with van der Waals surface area (Å²) in [6.07, 6.45) is 0. The van der Waals surface area contributed by atoms with Crippen LogP contribution in [0.15, 0.2) is 42.5 Å². The van der Waals surface area contributed by atoms with E-state index < -0.39 is 11.6 Å². The molecule has 0 aromatic heterocycles. The normalized spacial score (nSPS) is 11.7. The van der Waals surface area contributed by atoms with Gasteiger partial charge in [-0.1, -0.05) is 0 Å². The van der Waals surface area contributed by atoms with E-state index in [2.05, 4.69) is 5.32 Å². The molecule has 2 rings (SSSR count). The van der Waals surface area contributed by atoms with Crippen molar-refractivity contribution in [1.29, 1.82) is 0 Å². The van der Waals surface area contributed by atoms with E-state index in [4.69, 9.17) is 0 Å². The van der Waals surface area contributed by atoms with Crippen molar-refractivity contribution in [3.63, 3.8) is 0 Å². The lowest BCUT2D eigenvalue weighted by Gasteiger charge is -2.13. The average molecular weight is 362 g/mol. The lowest BCUT2D eigenvalue weighted by Crippen LogP contribution is -2.86. The molecule has 0 saturated carbocycles. The first-order valence-corrected chi connectivity index (χ1v) is 8.17. The van der Waals surface area contributed by atoms with Gasteiger partial charge in [0.1, 0.15) is 17.7 Å². The van der Waals surface area contributed by atoms with Gasteiger partial charge in [0.25, 0.3) is 11.8 Å². The maximum Gasteiger partial charge on any atom is 0.279 e. The number of amides is 2. The number of nitrogens with zero attached hydrogens (tertiary/aromatic N) is 1. The molecule has 0 aliphatic carbocycles. The first-order chi connectivity index (χ1) is 12.3. The minimum absolute atomic E-state index is 0.0797. The fourth-order valence-electron chi connectivity index (χ4n) is 2.45. The third-order valence-corrected chi connectivity index (χ3v) is 3.93. The zero-order valence-corrected chi connectivity index (χ0v) is 14.9. The summed E-state index contributed by atoms with van der Waals surface area (Å²) in [7, 11) is 3.33. The van der Waals surface area contributed by atoms with Gasteiger partial charge in [-0.2, -0.15) is 0 Å². The van der Waals surface area contributed by atoms with Crippen LogP contribution in [0.3, 0.4) is 0 Å². The van der Waals surface area contributed by atoms with Gasteiger partial charge in [0.15, 0.2) is 6.54 Å². The van der Waals surface area contributed by atoms with Crippen LogP contribution in [0.5, 0.6) is 0 Å². The van der Waals surface area contributed by atoms with Gasteiger partial charge < -0.3 is 15.5 Å². The molecule has 2 aromatic carbocycles. The molecule has 7 heteroatoms. The highest BCUT2D eigenvalue weighted by Gasteiger charge is 2.16. The van der Waals surface area contributed by atoms with Gasteiger partial charge in [-0.25, -0.2) is 8.78 Å². The Morgan fingerprint density at radius 3 is 2.35 bits per heavy atom. The molecule has 0 unspecified atom stereocenters. The summed E-state index contributed by atoms with van der Waals surface area (Å²) in [4.78, 5) is 25.3. The van der Waals surface area contributed by atoms with Crippen molar-refractivity contribution < 1.29 is 23.7 Å². The van der Waals surface area contributed by atoms with Crippen molar-refractivity contribution in [2.75, 3.05) is 26.0 Å². The average Bonchev–Trinajstić information content (AvgIpc) is 2.59. The maximum atomic E-state index is 13.7. The summed E-state index contributed by atoms with van der Waals surface area (Å²) >= 11 is 0. The van der Waals surface area contributed by atoms with Crippen molar-refractivity contribution in [1.82, 2.24) is 4.90 Å². The quantitative estimate of drug-likeness (QED) is 0.825. The van der Waals surface area contributed by atoms with Crippen molar-refractivity contribution in [2.24, 2.45) is 0 Å². The van der Waals surface area contributed by atoms with E-state index in [-0.39, 0.29) is 24.4 Å². The SMILES string of the molecule is C[C@@H]([NH2+]CC(=O)Nc1ccc(C(=O)N(C)C)cc1)c1ccc(F)cc1F. The van der Waals surface area contributed by atoms with E-state index in [1.807, 2.05) is 0 Å². The molecule has 5 nitrogen and oxygen atoms in total. The van der Waals surface area contributed by atoms with Gasteiger partial charge in [-0.3, -0.25) is 9.59 Å². The first kappa shape index (κ1) is 19.5. The van der Waals surface area contributed by atoms with Crippen LogP contribution < -0.4 is 10.6 Å². The lowest BCUT2D eigenvalue weighted by molar-refractivity contribution is -0.682. The molecule has 0 heterocycles. The minimum atomic E-state index is -0.632. The molecule has 2 amide bonds. The van der Waals surface area contributed by atoms with Crippen molar-refractivity contribution in [3.8, 4) is 0 Å². The number of quaternary nitrogens is 1. The molecular weight excluding hydrogens is 340 g/mol. The van der Waals surface area contributed by atoms with Gasteiger partial charge in [0.2, 0.25) is 0 Å². The number of nitrogens with one attached hydrogen (secondary N) is 1. The second-order valence-electron chi connectivity index (χ2n) is 6.22. The third-order valence-electron chi connectivity index (χ3n) is 3.93. The summed E-state index contributed by atoms with van der Waals surface area (Å²) in [6.45, 7) is 1.82. The standard InChI is InChI=1S/C19H21F2N3O2/c1-12(16-9-6-14(20)10-17(16)21)22-11-18(25)23-15-7-4-13(5-8-15)19(26)24(2)3/h4-10,12,22H,11H2,1-3H3,(H,23,25)/p+1/t12-/m1/s1. The van der Waals surface area contributed by atoms with Crippen molar-refractivity contribution in [2.45, 2.75) is 13.0 Å². The number of carbonyl (C=O) groups is 2. The van der Waals surface area contributed by atoms with Crippen LogP contribution in [0.25, 0.3) is 0 Å². The molecular formula is C19H22F2N3O2+. The highest BCUT2D eigenvalue weighted by molar-refractivity contribution is 5.95. The number of anilines is 1. The van der Waals surface area contributed by atoms with E-state index >= 15 is 0 Å². The Bertz CT molecular complexity index is 792. The van der Waals surface area contributed by atoms with Crippen LogP contribution >= 0.6 is 0 Å². The number of benzene rings is 2. The monoisotopic (exact) mass is 362 g/mol. The smallest absolute Gasteiger partial charge is 0.279 e. The van der Waals surface area contributed by atoms with Gasteiger partial charge in [0.05, 0.1) is 0 Å². The number of hydrogen-bond acceptors (Lipinski definition) is 2. The molecule has 0 radical (unpaired) electrons. The van der Waals surface area contributed by atoms with E-state index in [0.29, 0.717) is 16.8 Å². The second-order valence-corrected chi connectivity index (χ2v) is 6.22. The maximum absolute atomic E-state index is 13.7. The van der Waals surface area contributed by atoms with E-state index in [0.717, 1.165) is 6.07 Å². The summed E-state index contributed by atoms with van der Waals surface area (Å²) in [5.41, 5.74) is 1.44. The Labute approximate surface area is 151 Å². The second kappa shape index (κ2) is 8.53. The van der Waals surface area contributed by atoms with Crippen LogP contribution in [-0.4, -0.2) is 37.4 Å². The number of hydrogen-bond donors (Lipinski definition) is 2. The Morgan fingerprint density at radius 1 is 1.12 bits per heavy atom. The summed E-state index contributed by atoms with van der Waals surface area (Å²) in [5, 5.41) is 4.38. The van der Waals surface area contributed by atoms with Gasteiger partial charge in [0, 0.05) is 37.0 Å². The van der Waals surface area contributed by atoms with Crippen LogP contribution in [0.4, 0.5) is 14.5 Å². The Hall–Kier alpha value is -2.80. The summed E-state index contributed by atoms with van der Waals surface area (Å²) < 4.78 is 26.7. The molecule has 138 valence electrons. The highest BCUT2D eigenvalue weighted by atomic mass is 19.1. The molecule has 1 atom stereocenters. The van der Waals surface area contributed by atoms with E-state index in [9.17, 15) is 18.4 Å². The predicted molar refractivity (Wildman–Crippen MR) is 94.7 cm³/mol. The van der Waals surface area contributed by atoms with Crippen molar-refractivity contribution in [3.05, 3.63) is 65.2 Å². The van der Waals surface area contributed by atoms with Crippen LogP contribution in [0.2, 0.25) is 0 Å². The van der Waals surface area contributed by atoms with Crippen LogP contribution in [0.1, 0.15) is 28.9 Å². The molecule has 0 bridgehead atoms. The lowest BCUT2D eigenvalue weighted by atomic mass is 10.1. The van der Waals surface area contributed by atoms with Gasteiger partial charge in [-0.15, -0.1) is 0 Å². The molecule has 0 saturated heterocycles. The molecule has 0 aliphatic rings. The fraction of sp³-hybridized carbons (Fsp3) is 0.263. The van der Waals surface area contributed by atoms with Crippen LogP contribution in [0, 0.1) is 11.6 Å². The third kappa shape index (κ3) is 5.10. The number of rotatable bonds is 6. The Balaban J connectivity index is 1.89. The summed E-state index contributed by atoms with van der Waals surface area (Å²) in [6, 6.07) is 9.65. The fourth-order valence-corrected chi connectivity index (χ4v) is 2.45. The largest absolute Gasteiger partial charge is 0.345 e. The zero-order valence-electron chi connectivity index (χ0n) is 14.9. The molecule has 0 fully saturated rings. The first-order valence-electron chi connectivity index (χ1n) is 8.17. The van der Waals surface area contributed by atoms with Crippen molar-refractivity contribution >= 4 is 17.5 Å². The van der Waals surface area contributed by atoms with Gasteiger partial charge in [-0.05, 0) is 43.3 Å². The number of carbonyl (C=O) groups excluding carboxylic acids is 2. The zero-order chi connectivity index (χ0) is 19.3. The molecule has 0 aliphatic heterocycles. The Morgan fingerprint density at radius 2 is 1.77 bits per heavy atom. The van der Waals surface area contributed by atoms with Crippen LogP contribution in [-0.2, 0) is 4.79 Å². The van der Waals surface area contributed by atoms with E-state index in [1.165, 1.54) is 17.0 Å². The summed E-state index contributed by atoms with van der Waals surface area (Å²) in [5.74, 6) is -1.64.